The lowest BCUT2D eigenvalue weighted by Crippen LogP contribution is -2.21. The third kappa shape index (κ3) is 2.74. The molecule has 4 N–H and O–H groups in total. The lowest BCUT2D eigenvalue weighted by Gasteiger charge is -2.01. The number of nitrogens with zero attached hydrogens (tertiary/aromatic N) is 1. The Morgan fingerprint density at radius 2 is 2.44 bits per heavy atom. The summed E-state index contributed by atoms with van der Waals surface area (Å²) in [5.41, 5.74) is 6.91. The number of thiophene rings is 1. The maximum Gasteiger partial charge on any atom is 0.140 e. The average molecular weight is 239 g/mol. The van der Waals surface area contributed by atoms with E-state index in [1.807, 2.05) is 11.3 Å². The Hall–Kier alpha value is -1.07. The summed E-state index contributed by atoms with van der Waals surface area (Å²) in [5, 5.41) is 14.6. The molecule has 88 valence electrons. The summed E-state index contributed by atoms with van der Waals surface area (Å²) in [6.07, 6.45) is 4.40. The van der Waals surface area contributed by atoms with Gasteiger partial charge < -0.3 is 16.3 Å². The molecule has 0 saturated heterocycles. The summed E-state index contributed by atoms with van der Waals surface area (Å²) in [6, 6.07) is 2.31. The Morgan fingerprint density at radius 3 is 3.19 bits per heavy atom. The van der Waals surface area contributed by atoms with Crippen LogP contribution in [0.4, 0.5) is 0 Å². The number of rotatable bonds is 5. The molecule has 16 heavy (non-hydrogen) atoms. The van der Waals surface area contributed by atoms with E-state index in [1.54, 1.807) is 10.4 Å². The van der Waals surface area contributed by atoms with Gasteiger partial charge in [-0.15, -0.1) is 11.3 Å². The van der Waals surface area contributed by atoms with Gasteiger partial charge in [0.25, 0.3) is 0 Å². The fraction of sp³-hybridized carbons (Fsp3) is 0.545. The van der Waals surface area contributed by atoms with Crippen molar-refractivity contribution < 1.29 is 5.21 Å². The van der Waals surface area contributed by atoms with E-state index in [1.165, 1.54) is 24.1 Å². The number of oxime groups is 1. The minimum atomic E-state index is 0.279. The van der Waals surface area contributed by atoms with Crippen molar-refractivity contribution >= 4 is 17.2 Å². The van der Waals surface area contributed by atoms with Crippen LogP contribution in [-0.4, -0.2) is 17.6 Å². The van der Waals surface area contributed by atoms with E-state index in [0.717, 1.165) is 13.1 Å². The molecule has 1 heterocycles. The minimum absolute atomic E-state index is 0.279. The van der Waals surface area contributed by atoms with Crippen LogP contribution < -0.4 is 11.1 Å². The van der Waals surface area contributed by atoms with Gasteiger partial charge >= 0.3 is 0 Å². The van der Waals surface area contributed by atoms with E-state index in [4.69, 9.17) is 10.9 Å². The predicted molar refractivity (Wildman–Crippen MR) is 66.1 cm³/mol. The molecule has 1 aliphatic rings. The normalized spacial score (nSPS) is 15.4. The summed E-state index contributed by atoms with van der Waals surface area (Å²) in [5.74, 6) is 0.279. The molecule has 0 atom stereocenters. The van der Waals surface area contributed by atoms with E-state index in [2.05, 4.69) is 16.5 Å². The van der Waals surface area contributed by atoms with Crippen molar-refractivity contribution in [3.05, 3.63) is 21.4 Å². The molecule has 2 rings (SSSR count). The molecule has 5 heteroatoms. The molecule has 1 aromatic rings. The molecule has 0 bridgehead atoms. The molecular formula is C11H17N3OS. The molecule has 0 amide bonds. The Kier molecular flexibility index (Phi) is 3.79. The van der Waals surface area contributed by atoms with Crippen molar-refractivity contribution in [2.45, 2.75) is 32.2 Å². The van der Waals surface area contributed by atoms with Crippen molar-refractivity contribution in [3.63, 3.8) is 0 Å². The number of aryl methyl sites for hydroxylation is 2. The number of amidine groups is 1. The quantitative estimate of drug-likeness (QED) is 0.239. The number of hydrogen-bond acceptors (Lipinski definition) is 4. The lowest BCUT2D eigenvalue weighted by atomic mass is 10.2. The fourth-order valence-electron chi connectivity index (χ4n) is 1.96. The second-order valence-corrected chi connectivity index (χ2v) is 5.25. The van der Waals surface area contributed by atoms with Crippen LogP contribution in [0.25, 0.3) is 0 Å². The van der Waals surface area contributed by atoms with Crippen molar-refractivity contribution in [1.29, 1.82) is 0 Å². The van der Waals surface area contributed by atoms with Gasteiger partial charge in [-0.3, -0.25) is 0 Å². The molecule has 0 fully saturated rings. The monoisotopic (exact) mass is 239 g/mol. The zero-order valence-corrected chi connectivity index (χ0v) is 10.0. The standard InChI is InChI=1S/C11H17N3OS/c12-11(14-15)4-5-13-7-9-6-8-2-1-3-10(8)16-9/h6,13,15H,1-5,7H2,(H2,12,14). The minimum Gasteiger partial charge on any atom is -0.409 e. The van der Waals surface area contributed by atoms with E-state index in [-0.39, 0.29) is 5.84 Å². The van der Waals surface area contributed by atoms with Gasteiger partial charge in [0.2, 0.25) is 0 Å². The highest BCUT2D eigenvalue weighted by Crippen LogP contribution is 2.30. The molecule has 4 nitrogen and oxygen atoms in total. The lowest BCUT2D eigenvalue weighted by molar-refractivity contribution is 0.316. The van der Waals surface area contributed by atoms with Crippen molar-refractivity contribution in [3.8, 4) is 0 Å². The Balaban J connectivity index is 1.73. The molecule has 1 aliphatic carbocycles. The predicted octanol–water partition coefficient (Wildman–Crippen LogP) is 1.46. The van der Waals surface area contributed by atoms with Crippen molar-refractivity contribution in [1.82, 2.24) is 5.32 Å². The Morgan fingerprint density at radius 1 is 1.56 bits per heavy atom. The first-order valence-electron chi connectivity index (χ1n) is 5.57. The number of fused-ring (bicyclic) bond motifs is 1. The van der Waals surface area contributed by atoms with Crippen LogP contribution in [0, 0.1) is 0 Å². The third-order valence-electron chi connectivity index (χ3n) is 2.78. The summed E-state index contributed by atoms with van der Waals surface area (Å²) in [7, 11) is 0. The van der Waals surface area contributed by atoms with E-state index < -0.39 is 0 Å². The Bertz CT molecular complexity index is 365. The molecule has 0 saturated carbocycles. The van der Waals surface area contributed by atoms with Gasteiger partial charge in [-0.05, 0) is 30.9 Å². The van der Waals surface area contributed by atoms with Crippen LogP contribution in [0.5, 0.6) is 0 Å². The highest BCUT2D eigenvalue weighted by atomic mass is 32.1. The molecule has 1 aromatic heterocycles. The number of hydrogen-bond donors (Lipinski definition) is 3. The van der Waals surface area contributed by atoms with Crippen LogP contribution in [-0.2, 0) is 19.4 Å². The van der Waals surface area contributed by atoms with Gasteiger partial charge in [0.15, 0.2) is 0 Å². The molecule has 0 aromatic carbocycles. The van der Waals surface area contributed by atoms with E-state index >= 15 is 0 Å². The molecule has 0 radical (unpaired) electrons. The first-order valence-corrected chi connectivity index (χ1v) is 6.39. The summed E-state index contributed by atoms with van der Waals surface area (Å²) in [6.45, 7) is 1.63. The van der Waals surface area contributed by atoms with Gasteiger partial charge in [0.05, 0.1) is 0 Å². The average Bonchev–Trinajstić information content (AvgIpc) is 2.84. The van der Waals surface area contributed by atoms with Crippen molar-refractivity contribution in [2.24, 2.45) is 10.9 Å². The van der Waals surface area contributed by atoms with Crippen LogP contribution in [0.15, 0.2) is 11.2 Å². The van der Waals surface area contributed by atoms with Gasteiger partial charge in [-0.25, -0.2) is 0 Å². The van der Waals surface area contributed by atoms with Crippen LogP contribution in [0.1, 0.15) is 28.2 Å². The number of nitrogens with two attached hydrogens (primary N) is 1. The van der Waals surface area contributed by atoms with E-state index in [0.29, 0.717) is 6.42 Å². The number of nitrogens with one attached hydrogen (secondary N) is 1. The van der Waals surface area contributed by atoms with Gasteiger partial charge in [-0.2, -0.15) is 0 Å². The second-order valence-electron chi connectivity index (χ2n) is 4.03. The van der Waals surface area contributed by atoms with Gasteiger partial charge in [0.1, 0.15) is 5.84 Å². The molecular weight excluding hydrogens is 222 g/mol. The zero-order chi connectivity index (χ0) is 11.4. The summed E-state index contributed by atoms with van der Waals surface area (Å²) < 4.78 is 0. The highest BCUT2D eigenvalue weighted by Gasteiger charge is 2.14. The Labute approximate surface area is 99.2 Å². The zero-order valence-electron chi connectivity index (χ0n) is 9.20. The smallest absolute Gasteiger partial charge is 0.140 e. The topological polar surface area (TPSA) is 70.6 Å². The maximum atomic E-state index is 8.37. The molecule has 0 spiro atoms. The third-order valence-corrected chi connectivity index (χ3v) is 4.02. The largest absolute Gasteiger partial charge is 0.409 e. The van der Waals surface area contributed by atoms with Crippen LogP contribution in [0.3, 0.4) is 0 Å². The molecule has 0 aliphatic heterocycles. The highest BCUT2D eigenvalue weighted by molar-refractivity contribution is 7.12. The summed E-state index contributed by atoms with van der Waals surface area (Å²) in [4.78, 5) is 2.96. The van der Waals surface area contributed by atoms with Crippen LogP contribution >= 0.6 is 11.3 Å². The van der Waals surface area contributed by atoms with Gasteiger partial charge in [0, 0.05) is 29.3 Å². The first kappa shape index (κ1) is 11.4. The second kappa shape index (κ2) is 5.32. The van der Waals surface area contributed by atoms with Crippen molar-refractivity contribution in [2.75, 3.05) is 6.54 Å². The fourth-order valence-corrected chi connectivity index (χ4v) is 3.19. The first-order chi connectivity index (χ1) is 7.79. The van der Waals surface area contributed by atoms with Crippen LogP contribution in [0.2, 0.25) is 0 Å². The molecule has 0 unspecified atom stereocenters. The van der Waals surface area contributed by atoms with E-state index in [9.17, 15) is 0 Å². The SMILES string of the molecule is NC(CCNCc1cc2c(s1)CCC2)=NO. The summed E-state index contributed by atoms with van der Waals surface area (Å²) >= 11 is 1.91. The maximum absolute atomic E-state index is 8.37. The van der Waals surface area contributed by atoms with Gasteiger partial charge in [-0.1, -0.05) is 5.16 Å².